The van der Waals surface area contributed by atoms with Crippen LogP contribution in [-0.4, -0.2) is 42.5 Å². The van der Waals surface area contributed by atoms with Crippen molar-refractivity contribution in [3.05, 3.63) is 34.1 Å². The van der Waals surface area contributed by atoms with Gasteiger partial charge in [0.05, 0.1) is 0 Å². The van der Waals surface area contributed by atoms with Gasteiger partial charge in [0.25, 0.3) is 0 Å². The van der Waals surface area contributed by atoms with Crippen LogP contribution in [0.2, 0.25) is 0 Å². The zero-order chi connectivity index (χ0) is 15.0. The first kappa shape index (κ1) is 17.6. The Morgan fingerprint density at radius 3 is 2.15 bits per heavy atom. The van der Waals surface area contributed by atoms with Gasteiger partial charge in [-0.05, 0) is 51.3 Å². The standard InChI is InChI=1S/C16H26BrFN2/c1-4-19(5-2)10-7-11-20(6-3)13-14-8-9-15(17)12-16(14)18/h8-9,12H,4-7,10-11,13H2,1-3H3. The summed E-state index contributed by atoms with van der Waals surface area (Å²) in [5.74, 6) is -0.124. The zero-order valence-electron chi connectivity index (χ0n) is 12.8. The fourth-order valence-corrected chi connectivity index (χ4v) is 2.63. The maximum Gasteiger partial charge on any atom is 0.128 e. The van der Waals surface area contributed by atoms with E-state index in [-0.39, 0.29) is 5.82 Å². The third-order valence-corrected chi connectivity index (χ3v) is 4.19. The summed E-state index contributed by atoms with van der Waals surface area (Å²) in [7, 11) is 0. The number of halogens is 2. The van der Waals surface area contributed by atoms with E-state index in [4.69, 9.17) is 0 Å². The lowest BCUT2D eigenvalue weighted by molar-refractivity contribution is 0.236. The lowest BCUT2D eigenvalue weighted by Crippen LogP contribution is -2.30. The van der Waals surface area contributed by atoms with E-state index >= 15 is 0 Å². The Balaban J connectivity index is 2.46. The molecule has 4 heteroatoms. The average molecular weight is 345 g/mol. The molecule has 0 aliphatic carbocycles. The number of rotatable bonds is 9. The maximum atomic E-state index is 13.8. The van der Waals surface area contributed by atoms with E-state index in [1.807, 2.05) is 12.1 Å². The van der Waals surface area contributed by atoms with Crippen molar-refractivity contribution in [2.75, 3.05) is 32.7 Å². The van der Waals surface area contributed by atoms with Crippen molar-refractivity contribution in [1.82, 2.24) is 9.80 Å². The van der Waals surface area contributed by atoms with Crippen LogP contribution in [0.25, 0.3) is 0 Å². The molecule has 0 aromatic heterocycles. The highest BCUT2D eigenvalue weighted by Crippen LogP contribution is 2.17. The first-order valence-electron chi connectivity index (χ1n) is 7.49. The molecule has 0 atom stereocenters. The van der Waals surface area contributed by atoms with E-state index in [9.17, 15) is 4.39 Å². The summed E-state index contributed by atoms with van der Waals surface area (Å²) < 4.78 is 14.6. The molecular weight excluding hydrogens is 319 g/mol. The lowest BCUT2D eigenvalue weighted by atomic mass is 10.2. The van der Waals surface area contributed by atoms with Crippen molar-refractivity contribution in [3.63, 3.8) is 0 Å². The van der Waals surface area contributed by atoms with Crippen molar-refractivity contribution in [2.24, 2.45) is 0 Å². The molecule has 1 aromatic carbocycles. The van der Waals surface area contributed by atoms with Crippen molar-refractivity contribution < 1.29 is 4.39 Å². The highest BCUT2D eigenvalue weighted by atomic mass is 79.9. The topological polar surface area (TPSA) is 6.48 Å². The zero-order valence-corrected chi connectivity index (χ0v) is 14.4. The minimum atomic E-state index is -0.124. The largest absolute Gasteiger partial charge is 0.304 e. The number of benzene rings is 1. The second kappa shape index (κ2) is 9.48. The molecule has 0 aliphatic heterocycles. The van der Waals surface area contributed by atoms with Crippen LogP contribution in [0.3, 0.4) is 0 Å². The summed E-state index contributed by atoms with van der Waals surface area (Å²) in [5, 5.41) is 0. The molecule has 1 aromatic rings. The van der Waals surface area contributed by atoms with Crippen molar-refractivity contribution in [3.8, 4) is 0 Å². The van der Waals surface area contributed by atoms with Gasteiger partial charge in [-0.3, -0.25) is 4.90 Å². The van der Waals surface area contributed by atoms with Crippen LogP contribution in [0.5, 0.6) is 0 Å². The monoisotopic (exact) mass is 344 g/mol. The molecule has 20 heavy (non-hydrogen) atoms. The van der Waals surface area contributed by atoms with Gasteiger partial charge in [-0.2, -0.15) is 0 Å². The van der Waals surface area contributed by atoms with Crippen LogP contribution >= 0.6 is 15.9 Å². The molecule has 0 saturated carbocycles. The predicted octanol–water partition coefficient (Wildman–Crippen LogP) is 4.14. The summed E-state index contributed by atoms with van der Waals surface area (Å²) in [6.07, 6.45) is 1.13. The molecule has 0 amide bonds. The average Bonchev–Trinajstić information content (AvgIpc) is 2.44. The minimum absolute atomic E-state index is 0.124. The summed E-state index contributed by atoms with van der Waals surface area (Å²) in [5.41, 5.74) is 0.776. The Kier molecular flexibility index (Phi) is 8.34. The molecule has 0 radical (unpaired) electrons. The molecule has 0 N–H and O–H groups in total. The van der Waals surface area contributed by atoms with E-state index in [2.05, 4.69) is 46.5 Å². The van der Waals surface area contributed by atoms with Crippen molar-refractivity contribution in [2.45, 2.75) is 33.7 Å². The summed E-state index contributed by atoms with van der Waals surface area (Å²) >= 11 is 3.29. The SMILES string of the molecule is CCN(CC)CCCN(CC)Cc1ccc(Br)cc1F. The summed E-state index contributed by atoms with van der Waals surface area (Å²) in [4.78, 5) is 4.73. The molecule has 0 saturated heterocycles. The highest BCUT2D eigenvalue weighted by Gasteiger charge is 2.09. The van der Waals surface area contributed by atoms with Gasteiger partial charge in [-0.15, -0.1) is 0 Å². The molecule has 0 fully saturated rings. The smallest absolute Gasteiger partial charge is 0.128 e. The fraction of sp³-hybridized carbons (Fsp3) is 0.625. The van der Waals surface area contributed by atoms with Gasteiger partial charge in [0.2, 0.25) is 0 Å². The first-order chi connectivity index (χ1) is 9.60. The van der Waals surface area contributed by atoms with Gasteiger partial charge in [-0.1, -0.05) is 42.8 Å². The number of hydrogen-bond acceptors (Lipinski definition) is 2. The predicted molar refractivity (Wildman–Crippen MR) is 87.5 cm³/mol. The van der Waals surface area contributed by atoms with E-state index in [0.717, 1.165) is 49.2 Å². The van der Waals surface area contributed by atoms with E-state index in [1.54, 1.807) is 6.07 Å². The number of hydrogen-bond donors (Lipinski definition) is 0. The number of nitrogens with zero attached hydrogens (tertiary/aromatic N) is 2. The van der Waals surface area contributed by atoms with E-state index in [1.165, 1.54) is 0 Å². The van der Waals surface area contributed by atoms with Crippen LogP contribution in [0, 0.1) is 5.82 Å². The molecular formula is C16H26BrFN2. The van der Waals surface area contributed by atoms with Gasteiger partial charge in [0.15, 0.2) is 0 Å². The van der Waals surface area contributed by atoms with Crippen molar-refractivity contribution in [1.29, 1.82) is 0 Å². The first-order valence-corrected chi connectivity index (χ1v) is 8.28. The van der Waals surface area contributed by atoms with Crippen LogP contribution in [0.1, 0.15) is 32.8 Å². The molecule has 0 unspecified atom stereocenters. The Hall–Kier alpha value is -0.450. The second-order valence-corrected chi connectivity index (χ2v) is 5.90. The van der Waals surface area contributed by atoms with Crippen LogP contribution < -0.4 is 0 Å². The highest BCUT2D eigenvalue weighted by molar-refractivity contribution is 9.10. The normalized spacial score (nSPS) is 11.6. The van der Waals surface area contributed by atoms with E-state index < -0.39 is 0 Å². The molecule has 1 rings (SSSR count). The van der Waals surface area contributed by atoms with Crippen LogP contribution in [0.15, 0.2) is 22.7 Å². The van der Waals surface area contributed by atoms with Gasteiger partial charge >= 0.3 is 0 Å². The summed E-state index contributed by atoms with van der Waals surface area (Å²) in [6, 6.07) is 5.31. The molecule has 0 spiro atoms. The van der Waals surface area contributed by atoms with Gasteiger partial charge in [0, 0.05) is 16.6 Å². The molecule has 0 heterocycles. The Morgan fingerprint density at radius 2 is 1.60 bits per heavy atom. The molecule has 0 aliphatic rings. The van der Waals surface area contributed by atoms with Gasteiger partial charge in [-0.25, -0.2) is 4.39 Å². The Labute approximate surface area is 131 Å². The third kappa shape index (κ3) is 5.90. The van der Waals surface area contributed by atoms with Crippen LogP contribution in [-0.2, 0) is 6.54 Å². The van der Waals surface area contributed by atoms with Crippen LogP contribution in [0.4, 0.5) is 4.39 Å². The summed E-state index contributed by atoms with van der Waals surface area (Å²) in [6.45, 7) is 12.5. The molecule has 2 nitrogen and oxygen atoms in total. The molecule has 114 valence electrons. The Bertz CT molecular complexity index is 394. The minimum Gasteiger partial charge on any atom is -0.304 e. The third-order valence-electron chi connectivity index (χ3n) is 3.70. The van der Waals surface area contributed by atoms with Crippen molar-refractivity contribution >= 4 is 15.9 Å². The quantitative estimate of drug-likeness (QED) is 0.664. The lowest BCUT2D eigenvalue weighted by Gasteiger charge is -2.23. The Morgan fingerprint density at radius 1 is 1.00 bits per heavy atom. The second-order valence-electron chi connectivity index (χ2n) is 4.98. The van der Waals surface area contributed by atoms with E-state index in [0.29, 0.717) is 6.54 Å². The fourth-order valence-electron chi connectivity index (χ4n) is 2.30. The van der Waals surface area contributed by atoms with Gasteiger partial charge in [0.1, 0.15) is 5.82 Å². The molecule has 0 bridgehead atoms. The maximum absolute atomic E-state index is 13.8. The van der Waals surface area contributed by atoms with Gasteiger partial charge < -0.3 is 4.90 Å².